The summed E-state index contributed by atoms with van der Waals surface area (Å²) in [6.07, 6.45) is 1.52. The van der Waals surface area contributed by atoms with Gasteiger partial charge in [-0.15, -0.1) is 6.58 Å². The highest BCUT2D eigenvalue weighted by Crippen LogP contribution is 2.11. The smallest absolute Gasteiger partial charge is 0.267 e. The Hall–Kier alpha value is -0.390. The third-order valence-electron chi connectivity index (χ3n) is 1.12. The Labute approximate surface area is 73.0 Å². The third-order valence-corrected chi connectivity index (χ3v) is 2.18. The second-order valence-corrected chi connectivity index (χ2v) is 4.54. The Bertz CT molecular complexity index is 240. The van der Waals surface area contributed by atoms with Gasteiger partial charge in [0.05, 0.1) is 12.2 Å². The summed E-state index contributed by atoms with van der Waals surface area (Å²) in [7, 11) is -3.97. The Kier molecular flexibility index (Phi) is 3.89. The molecule has 4 nitrogen and oxygen atoms in total. The molecule has 1 N–H and O–H groups in total. The second kappa shape index (κ2) is 4.02. The first-order valence-corrected chi connectivity index (χ1v) is 5.08. The Morgan fingerprint density at radius 2 is 2.08 bits per heavy atom. The Balaban J connectivity index is 4.13. The van der Waals surface area contributed by atoms with Crippen molar-refractivity contribution in [3.05, 3.63) is 12.7 Å². The fraction of sp³-hybridized carbons (Fsp3) is 0.714. The summed E-state index contributed by atoms with van der Waals surface area (Å²) in [5.74, 6) is -0.409. The molecular formula is C7H14O4S. The van der Waals surface area contributed by atoms with Gasteiger partial charge < -0.3 is 4.74 Å². The summed E-state index contributed by atoms with van der Waals surface area (Å²) >= 11 is 0. The highest BCUT2D eigenvalue weighted by Gasteiger charge is 2.24. The number of hydrogen-bond acceptors (Lipinski definition) is 3. The fourth-order valence-corrected chi connectivity index (χ4v) is 1.73. The zero-order valence-electron chi connectivity index (χ0n) is 7.28. The van der Waals surface area contributed by atoms with Crippen molar-refractivity contribution in [3.8, 4) is 0 Å². The maximum Gasteiger partial charge on any atom is 0.267 e. The largest absolute Gasteiger partial charge is 0.370 e. The lowest BCUT2D eigenvalue weighted by Crippen LogP contribution is -2.33. The number of rotatable bonds is 5. The minimum Gasteiger partial charge on any atom is -0.370 e. The quantitative estimate of drug-likeness (QED) is 0.520. The van der Waals surface area contributed by atoms with Crippen LogP contribution in [-0.2, 0) is 14.9 Å². The van der Waals surface area contributed by atoms with Gasteiger partial charge in [0.25, 0.3) is 10.1 Å². The van der Waals surface area contributed by atoms with Gasteiger partial charge in [-0.05, 0) is 13.8 Å². The molecule has 0 spiro atoms. The number of hydrogen-bond donors (Lipinski definition) is 1. The molecule has 0 aliphatic rings. The molecule has 0 heterocycles. The van der Waals surface area contributed by atoms with Crippen LogP contribution in [0.5, 0.6) is 0 Å². The van der Waals surface area contributed by atoms with Crippen molar-refractivity contribution in [1.29, 1.82) is 0 Å². The first-order chi connectivity index (χ1) is 5.27. The molecule has 0 saturated carbocycles. The molecule has 0 fully saturated rings. The van der Waals surface area contributed by atoms with Crippen molar-refractivity contribution in [3.63, 3.8) is 0 Å². The molecule has 0 aliphatic carbocycles. The van der Waals surface area contributed by atoms with Gasteiger partial charge in [-0.2, -0.15) is 8.42 Å². The van der Waals surface area contributed by atoms with Crippen LogP contribution in [0, 0.1) is 0 Å². The van der Waals surface area contributed by atoms with Gasteiger partial charge >= 0.3 is 0 Å². The summed E-state index contributed by atoms with van der Waals surface area (Å²) in [5, 5.41) is 0. The van der Waals surface area contributed by atoms with E-state index in [1.54, 1.807) is 13.8 Å². The van der Waals surface area contributed by atoms with Crippen LogP contribution in [0.15, 0.2) is 12.7 Å². The van der Waals surface area contributed by atoms with Gasteiger partial charge in [-0.3, -0.25) is 4.55 Å². The SMILES string of the molecule is C=CCOC(C)(C)CS(=O)(=O)O. The topological polar surface area (TPSA) is 63.6 Å². The number of ether oxygens (including phenoxy) is 1. The molecule has 0 rings (SSSR count). The maximum absolute atomic E-state index is 10.5. The molecule has 72 valence electrons. The Morgan fingerprint density at radius 1 is 1.58 bits per heavy atom. The van der Waals surface area contributed by atoms with Crippen LogP contribution in [0.3, 0.4) is 0 Å². The minimum atomic E-state index is -3.97. The summed E-state index contributed by atoms with van der Waals surface area (Å²) in [5.41, 5.74) is -0.873. The van der Waals surface area contributed by atoms with Gasteiger partial charge in [-0.1, -0.05) is 6.08 Å². The van der Waals surface area contributed by atoms with Gasteiger partial charge in [0.2, 0.25) is 0 Å². The lowest BCUT2D eigenvalue weighted by molar-refractivity contribution is 0.0168. The standard InChI is InChI=1S/C7H14O4S/c1-4-5-11-7(2,3)6-12(8,9)10/h4H,1,5-6H2,2-3H3,(H,8,9,10). The molecule has 0 radical (unpaired) electrons. The molecule has 0 unspecified atom stereocenters. The summed E-state index contributed by atoms with van der Waals surface area (Å²) in [6, 6.07) is 0. The van der Waals surface area contributed by atoms with Crippen LogP contribution >= 0.6 is 0 Å². The van der Waals surface area contributed by atoms with Crippen molar-refractivity contribution in [2.24, 2.45) is 0 Å². The highest BCUT2D eigenvalue weighted by atomic mass is 32.2. The van der Waals surface area contributed by atoms with Crippen LogP contribution in [0.2, 0.25) is 0 Å². The highest BCUT2D eigenvalue weighted by molar-refractivity contribution is 7.85. The molecule has 0 aromatic rings. The molecule has 0 aliphatic heterocycles. The summed E-state index contributed by atoms with van der Waals surface area (Å²) in [6.45, 7) is 6.86. The van der Waals surface area contributed by atoms with Crippen molar-refractivity contribution in [2.45, 2.75) is 19.4 Å². The molecule has 0 atom stereocenters. The van der Waals surface area contributed by atoms with E-state index in [1.165, 1.54) is 6.08 Å². The predicted molar refractivity (Wildman–Crippen MR) is 46.6 cm³/mol. The van der Waals surface area contributed by atoms with E-state index in [0.29, 0.717) is 0 Å². The third kappa shape index (κ3) is 6.33. The van der Waals surface area contributed by atoms with Crippen molar-refractivity contribution in [2.75, 3.05) is 12.4 Å². The monoisotopic (exact) mass is 194 g/mol. The van der Waals surface area contributed by atoms with E-state index in [-0.39, 0.29) is 6.61 Å². The summed E-state index contributed by atoms with van der Waals surface area (Å²) < 4.78 is 34.5. The van der Waals surface area contributed by atoms with E-state index < -0.39 is 21.5 Å². The fourth-order valence-electron chi connectivity index (χ4n) is 0.765. The minimum absolute atomic E-state index is 0.266. The lowest BCUT2D eigenvalue weighted by Gasteiger charge is -2.22. The van der Waals surface area contributed by atoms with Crippen LogP contribution in [0.1, 0.15) is 13.8 Å². The maximum atomic E-state index is 10.5. The van der Waals surface area contributed by atoms with Gasteiger partial charge in [0.1, 0.15) is 5.75 Å². The average Bonchev–Trinajstić information content (AvgIpc) is 1.78. The van der Waals surface area contributed by atoms with Gasteiger partial charge in [0.15, 0.2) is 0 Å². The van der Waals surface area contributed by atoms with Crippen LogP contribution in [-0.4, -0.2) is 30.9 Å². The molecule has 0 aromatic carbocycles. The van der Waals surface area contributed by atoms with Gasteiger partial charge in [-0.25, -0.2) is 0 Å². The van der Waals surface area contributed by atoms with Crippen molar-refractivity contribution < 1.29 is 17.7 Å². The van der Waals surface area contributed by atoms with E-state index in [0.717, 1.165) is 0 Å². The predicted octanol–water partition coefficient (Wildman–Crippen LogP) is 0.855. The van der Waals surface area contributed by atoms with Gasteiger partial charge in [0, 0.05) is 0 Å². The molecule has 0 aromatic heterocycles. The van der Waals surface area contributed by atoms with E-state index in [2.05, 4.69) is 6.58 Å². The second-order valence-electron chi connectivity index (χ2n) is 3.09. The summed E-state index contributed by atoms with van der Waals surface area (Å²) in [4.78, 5) is 0. The zero-order valence-corrected chi connectivity index (χ0v) is 8.10. The molecule has 5 heteroatoms. The molecule has 0 amide bonds. The molecule has 0 saturated heterocycles. The first-order valence-electron chi connectivity index (χ1n) is 3.47. The lowest BCUT2D eigenvalue weighted by atomic mass is 10.2. The van der Waals surface area contributed by atoms with E-state index in [4.69, 9.17) is 9.29 Å². The zero-order chi connectivity index (χ0) is 9.83. The van der Waals surface area contributed by atoms with Crippen molar-refractivity contribution >= 4 is 10.1 Å². The van der Waals surface area contributed by atoms with Crippen LogP contribution in [0.4, 0.5) is 0 Å². The van der Waals surface area contributed by atoms with Crippen LogP contribution in [0.25, 0.3) is 0 Å². The first kappa shape index (κ1) is 11.6. The molecular weight excluding hydrogens is 180 g/mol. The average molecular weight is 194 g/mol. The van der Waals surface area contributed by atoms with Crippen molar-refractivity contribution in [1.82, 2.24) is 0 Å². The molecule has 0 bridgehead atoms. The van der Waals surface area contributed by atoms with E-state index in [9.17, 15) is 8.42 Å². The normalized spacial score (nSPS) is 12.9. The van der Waals surface area contributed by atoms with E-state index >= 15 is 0 Å². The molecule has 12 heavy (non-hydrogen) atoms. The Morgan fingerprint density at radius 3 is 2.42 bits per heavy atom. The van der Waals surface area contributed by atoms with Crippen LogP contribution < -0.4 is 0 Å². The van der Waals surface area contributed by atoms with E-state index in [1.807, 2.05) is 0 Å².